The molecule has 9 unspecified atom stereocenters. The molecule has 0 aliphatic heterocycles. The molecule has 4 fully saturated rings. The topological polar surface area (TPSA) is 55.4 Å². The van der Waals surface area contributed by atoms with Crippen molar-refractivity contribution < 1.29 is 25.8 Å². The molecule has 0 aromatic rings. The zero-order valence-electron chi connectivity index (χ0n) is 25.5. The van der Waals surface area contributed by atoms with Gasteiger partial charge in [0, 0.05) is 11.0 Å². The lowest BCUT2D eigenvalue weighted by Gasteiger charge is -2.72. The second-order valence-electron chi connectivity index (χ2n) is 15.3. The first-order valence-corrected chi connectivity index (χ1v) is 16.8. The SMILES string of the molecule is C=C(C)C1CCC2(NCC)CCC3(C)C(CCC4C5(C)CC=C(OS(=O)(=O)C(F)(F)F)C(C)(C)C5CCC43C)C12. The summed E-state index contributed by atoms with van der Waals surface area (Å²) in [5.41, 5.74) is -4.62. The number of allylic oxidation sites excluding steroid dienone is 3. The van der Waals surface area contributed by atoms with Crippen LogP contribution in [-0.4, -0.2) is 26.0 Å². The van der Waals surface area contributed by atoms with E-state index in [2.05, 4.69) is 46.5 Å². The summed E-state index contributed by atoms with van der Waals surface area (Å²) >= 11 is 0. The first-order valence-electron chi connectivity index (χ1n) is 15.4. The lowest BCUT2D eigenvalue weighted by molar-refractivity contribution is -0.223. The highest BCUT2D eigenvalue weighted by molar-refractivity contribution is 7.87. The first kappa shape index (κ1) is 30.4. The molecule has 4 saturated carbocycles. The van der Waals surface area contributed by atoms with Crippen molar-refractivity contribution in [3.63, 3.8) is 0 Å². The van der Waals surface area contributed by atoms with Crippen LogP contribution in [0.4, 0.5) is 13.2 Å². The van der Waals surface area contributed by atoms with Crippen LogP contribution < -0.4 is 5.32 Å². The zero-order chi connectivity index (χ0) is 29.7. The van der Waals surface area contributed by atoms with Crippen LogP contribution in [0.2, 0.25) is 0 Å². The average Bonchev–Trinajstić information content (AvgIpc) is 3.21. The average molecular weight is 586 g/mol. The van der Waals surface area contributed by atoms with Gasteiger partial charge in [-0.25, -0.2) is 0 Å². The van der Waals surface area contributed by atoms with Crippen molar-refractivity contribution in [1.82, 2.24) is 5.32 Å². The van der Waals surface area contributed by atoms with E-state index in [9.17, 15) is 21.6 Å². The second-order valence-corrected chi connectivity index (χ2v) is 16.9. The van der Waals surface area contributed by atoms with E-state index in [4.69, 9.17) is 4.18 Å². The number of rotatable bonds is 5. The molecule has 8 heteroatoms. The van der Waals surface area contributed by atoms with E-state index < -0.39 is 21.0 Å². The van der Waals surface area contributed by atoms with Gasteiger partial charge in [-0.1, -0.05) is 53.7 Å². The molecule has 0 heterocycles. The van der Waals surface area contributed by atoms with Crippen LogP contribution in [0.3, 0.4) is 0 Å². The summed E-state index contributed by atoms with van der Waals surface area (Å²) in [6.45, 7) is 21.0. The summed E-state index contributed by atoms with van der Waals surface area (Å²) in [6.07, 6.45) is 11.2. The largest absolute Gasteiger partial charge is 0.534 e. The summed E-state index contributed by atoms with van der Waals surface area (Å²) in [5.74, 6) is 2.14. The molecule has 0 amide bonds. The van der Waals surface area contributed by atoms with Crippen LogP contribution in [0.1, 0.15) is 106 Å². The maximum absolute atomic E-state index is 13.2. The van der Waals surface area contributed by atoms with Crippen molar-refractivity contribution in [3.05, 3.63) is 24.0 Å². The summed E-state index contributed by atoms with van der Waals surface area (Å²) in [5, 5.41) is 3.99. The molecule has 5 rings (SSSR count). The molecule has 0 bridgehead atoms. The summed E-state index contributed by atoms with van der Waals surface area (Å²) in [7, 11) is -5.70. The summed E-state index contributed by atoms with van der Waals surface area (Å²) in [6, 6.07) is 0. The zero-order valence-corrected chi connectivity index (χ0v) is 26.3. The molecule has 0 radical (unpaired) electrons. The van der Waals surface area contributed by atoms with Gasteiger partial charge >= 0.3 is 15.6 Å². The van der Waals surface area contributed by atoms with Crippen LogP contribution >= 0.6 is 0 Å². The lowest BCUT2D eigenvalue weighted by Crippen LogP contribution is -2.68. The van der Waals surface area contributed by atoms with Gasteiger partial charge in [0.05, 0.1) is 0 Å². The van der Waals surface area contributed by atoms with Crippen molar-refractivity contribution in [2.45, 2.75) is 117 Å². The number of halogens is 3. The highest BCUT2D eigenvalue weighted by Crippen LogP contribution is 2.76. The minimum Gasteiger partial charge on any atom is -0.380 e. The third kappa shape index (κ3) is 3.96. The Morgan fingerprint density at radius 1 is 1.00 bits per heavy atom. The fourth-order valence-corrected chi connectivity index (χ4v) is 12.3. The number of hydrogen-bond acceptors (Lipinski definition) is 4. The van der Waals surface area contributed by atoms with Gasteiger partial charge in [0.25, 0.3) is 0 Å². The normalized spacial score (nSPS) is 46.4. The van der Waals surface area contributed by atoms with E-state index in [0.717, 1.165) is 32.2 Å². The van der Waals surface area contributed by atoms with Gasteiger partial charge in [0.15, 0.2) is 0 Å². The van der Waals surface area contributed by atoms with Crippen molar-refractivity contribution in [1.29, 1.82) is 0 Å². The monoisotopic (exact) mass is 585 g/mol. The quantitative estimate of drug-likeness (QED) is 0.200. The molecule has 4 nitrogen and oxygen atoms in total. The van der Waals surface area contributed by atoms with E-state index in [0.29, 0.717) is 30.1 Å². The third-order valence-electron chi connectivity index (χ3n) is 13.6. The smallest absolute Gasteiger partial charge is 0.380 e. The Kier molecular flexibility index (Phi) is 7.03. The third-order valence-corrected chi connectivity index (χ3v) is 14.5. The van der Waals surface area contributed by atoms with Gasteiger partial charge in [-0.2, -0.15) is 21.6 Å². The Labute approximate surface area is 240 Å². The first-order chi connectivity index (χ1) is 18.3. The molecule has 228 valence electrons. The van der Waals surface area contributed by atoms with E-state index in [1.165, 1.54) is 31.3 Å². The number of nitrogens with one attached hydrogen (secondary N) is 1. The molecular formula is C32H50F3NO3S. The van der Waals surface area contributed by atoms with E-state index in [-0.39, 0.29) is 33.5 Å². The van der Waals surface area contributed by atoms with Gasteiger partial charge in [0.2, 0.25) is 0 Å². The van der Waals surface area contributed by atoms with Crippen molar-refractivity contribution in [2.75, 3.05) is 6.54 Å². The van der Waals surface area contributed by atoms with Crippen LogP contribution in [0.25, 0.3) is 0 Å². The van der Waals surface area contributed by atoms with Crippen LogP contribution in [0, 0.1) is 51.2 Å². The van der Waals surface area contributed by atoms with E-state index in [1.54, 1.807) is 6.08 Å². The molecule has 0 aromatic carbocycles. The Bertz CT molecular complexity index is 1190. The molecule has 5 aliphatic carbocycles. The maximum atomic E-state index is 13.2. The van der Waals surface area contributed by atoms with Gasteiger partial charge < -0.3 is 9.50 Å². The lowest BCUT2D eigenvalue weighted by atomic mass is 9.33. The molecule has 1 N–H and O–H groups in total. The van der Waals surface area contributed by atoms with E-state index >= 15 is 0 Å². The van der Waals surface area contributed by atoms with Crippen LogP contribution in [-0.2, 0) is 14.3 Å². The molecule has 9 atom stereocenters. The number of hydrogen-bond donors (Lipinski definition) is 1. The highest BCUT2D eigenvalue weighted by Gasteiger charge is 2.70. The molecular weight excluding hydrogens is 535 g/mol. The molecule has 40 heavy (non-hydrogen) atoms. The predicted molar refractivity (Wildman–Crippen MR) is 152 cm³/mol. The number of alkyl halides is 3. The molecule has 5 aliphatic rings. The fraction of sp³-hybridized carbons (Fsp3) is 0.875. The Morgan fingerprint density at radius 2 is 1.68 bits per heavy atom. The predicted octanol–water partition coefficient (Wildman–Crippen LogP) is 8.37. The molecule has 0 saturated heterocycles. The standard InChI is InChI=1S/C32H50F3NO3S/c1-9-36-31-17-12-21(20(2)3)26(31)22-10-11-24-28(6)15-14-25(39-40(37,38)32(33,34)35)27(4,5)23(28)13-16-30(24,8)29(22,7)18-19-31/h14,21-24,26,36H,2,9-13,15-19H2,1,3-8H3. The van der Waals surface area contributed by atoms with Gasteiger partial charge in [-0.3, -0.25) is 0 Å². The number of fused-ring (bicyclic) bond motifs is 7. The van der Waals surface area contributed by atoms with Crippen LogP contribution in [0.15, 0.2) is 24.0 Å². The fourth-order valence-electron chi connectivity index (χ4n) is 11.7. The minimum atomic E-state index is -5.70. The van der Waals surface area contributed by atoms with Gasteiger partial charge in [-0.15, -0.1) is 0 Å². The van der Waals surface area contributed by atoms with Crippen molar-refractivity contribution in [3.8, 4) is 0 Å². The summed E-state index contributed by atoms with van der Waals surface area (Å²) in [4.78, 5) is 0. The highest BCUT2D eigenvalue weighted by atomic mass is 32.2. The van der Waals surface area contributed by atoms with E-state index in [1.807, 2.05) is 13.8 Å². The van der Waals surface area contributed by atoms with Gasteiger partial charge in [-0.05, 0) is 123 Å². The Balaban J connectivity index is 1.51. The molecule has 0 spiro atoms. The second kappa shape index (κ2) is 9.24. The Morgan fingerprint density at radius 3 is 2.27 bits per heavy atom. The van der Waals surface area contributed by atoms with Crippen molar-refractivity contribution >= 4 is 10.1 Å². The minimum absolute atomic E-state index is 0.0424. The van der Waals surface area contributed by atoms with Gasteiger partial charge in [0.1, 0.15) is 5.76 Å². The van der Waals surface area contributed by atoms with Crippen LogP contribution in [0.5, 0.6) is 0 Å². The Hall–Kier alpha value is -1.02. The maximum Gasteiger partial charge on any atom is 0.534 e. The summed E-state index contributed by atoms with van der Waals surface area (Å²) < 4.78 is 68.4. The molecule has 0 aromatic heterocycles. The van der Waals surface area contributed by atoms with Crippen molar-refractivity contribution in [2.24, 2.45) is 51.2 Å².